The monoisotopic (exact) mass is 491 g/mol. The van der Waals surface area contributed by atoms with Gasteiger partial charge in [0.2, 0.25) is 15.9 Å². The van der Waals surface area contributed by atoms with Crippen molar-refractivity contribution in [2.75, 3.05) is 51.3 Å². The molecular weight excluding hydrogens is 462 g/mol. The van der Waals surface area contributed by atoms with Gasteiger partial charge in [-0.15, -0.1) is 0 Å². The van der Waals surface area contributed by atoms with E-state index in [0.717, 1.165) is 25.2 Å². The number of halogens is 1. The minimum absolute atomic E-state index is 0.181. The maximum absolute atomic E-state index is 13.6. The van der Waals surface area contributed by atoms with Crippen molar-refractivity contribution in [1.82, 2.24) is 9.21 Å². The molecule has 33 heavy (non-hydrogen) atoms. The molecule has 1 N–H and O–H groups in total. The first-order valence-electron chi connectivity index (χ1n) is 11.3. The Bertz CT molecular complexity index is 1090. The first-order valence-corrected chi connectivity index (χ1v) is 13.1. The molecule has 0 bridgehead atoms. The van der Waals surface area contributed by atoms with Gasteiger partial charge in [0.25, 0.3) is 0 Å². The number of hydrogen-bond donors (Lipinski definition) is 1. The zero-order valence-electron chi connectivity index (χ0n) is 18.8. The summed E-state index contributed by atoms with van der Waals surface area (Å²) in [7, 11) is -3.63. The van der Waals surface area contributed by atoms with Gasteiger partial charge in [-0.1, -0.05) is 36.7 Å². The van der Waals surface area contributed by atoms with Gasteiger partial charge in [-0.05, 0) is 55.3 Å². The number of sulfonamides is 1. The second-order valence-corrected chi connectivity index (χ2v) is 10.9. The van der Waals surface area contributed by atoms with Crippen LogP contribution in [0.15, 0.2) is 53.4 Å². The molecule has 7 nitrogen and oxygen atoms in total. The van der Waals surface area contributed by atoms with Gasteiger partial charge in [0.1, 0.15) is 0 Å². The van der Waals surface area contributed by atoms with Gasteiger partial charge in [0, 0.05) is 50.1 Å². The lowest BCUT2D eigenvalue weighted by Crippen LogP contribution is -2.48. The molecule has 178 valence electrons. The van der Waals surface area contributed by atoms with E-state index in [0.29, 0.717) is 49.9 Å². The predicted octanol–water partition coefficient (Wildman–Crippen LogP) is 3.35. The zero-order chi connectivity index (χ0) is 23.5. The van der Waals surface area contributed by atoms with Gasteiger partial charge >= 0.3 is 0 Å². The Morgan fingerprint density at radius 3 is 2.42 bits per heavy atom. The molecule has 0 unspecified atom stereocenters. The minimum Gasteiger partial charge on any atom is -0.381 e. The topological polar surface area (TPSA) is 79.0 Å². The number of rotatable bonds is 6. The number of nitrogens with one attached hydrogen (secondary N) is 1. The SMILES string of the molecule is CCN1CCN(S(=O)(=O)c2cccc(NC(=O)C3(c4cccc(Cl)c4)CCOCC3)c2)CC1. The lowest BCUT2D eigenvalue weighted by molar-refractivity contribution is -0.125. The summed E-state index contributed by atoms with van der Waals surface area (Å²) in [5, 5.41) is 3.54. The molecular formula is C24H30ClN3O4S. The summed E-state index contributed by atoms with van der Waals surface area (Å²) < 4.78 is 33.5. The number of nitrogens with zero attached hydrogens (tertiary/aromatic N) is 2. The second kappa shape index (κ2) is 10.1. The van der Waals surface area contributed by atoms with Crippen molar-refractivity contribution in [2.24, 2.45) is 0 Å². The summed E-state index contributed by atoms with van der Waals surface area (Å²) in [5.74, 6) is -0.181. The Morgan fingerprint density at radius 2 is 1.76 bits per heavy atom. The fourth-order valence-corrected chi connectivity index (χ4v) is 6.23. The van der Waals surface area contributed by atoms with Gasteiger partial charge in [-0.3, -0.25) is 4.79 Å². The lowest BCUT2D eigenvalue weighted by atomic mass is 9.73. The van der Waals surface area contributed by atoms with Crippen molar-refractivity contribution in [1.29, 1.82) is 0 Å². The molecule has 0 spiro atoms. The summed E-state index contributed by atoms with van der Waals surface area (Å²) in [6.07, 6.45) is 1.05. The Morgan fingerprint density at radius 1 is 1.06 bits per heavy atom. The van der Waals surface area contributed by atoms with Crippen molar-refractivity contribution in [3.8, 4) is 0 Å². The fourth-order valence-electron chi connectivity index (χ4n) is 4.57. The van der Waals surface area contributed by atoms with Crippen molar-refractivity contribution < 1.29 is 17.9 Å². The van der Waals surface area contributed by atoms with Crippen LogP contribution in [0.5, 0.6) is 0 Å². The van der Waals surface area contributed by atoms with E-state index >= 15 is 0 Å². The van der Waals surface area contributed by atoms with E-state index < -0.39 is 15.4 Å². The standard InChI is InChI=1S/C24H30ClN3O4S/c1-2-27-11-13-28(14-12-27)33(30,31)22-8-4-7-21(18-22)26-23(29)24(9-15-32-16-10-24)19-5-3-6-20(25)17-19/h3-8,17-18H,2,9-16H2,1H3,(H,26,29). The van der Waals surface area contributed by atoms with Crippen LogP contribution in [0, 0.1) is 0 Å². The molecule has 2 saturated heterocycles. The van der Waals surface area contributed by atoms with E-state index in [1.165, 1.54) is 4.31 Å². The molecule has 0 saturated carbocycles. The molecule has 0 aromatic heterocycles. The fraction of sp³-hybridized carbons (Fsp3) is 0.458. The molecule has 2 fully saturated rings. The number of likely N-dealkylation sites (N-methyl/N-ethyl adjacent to an activating group) is 1. The lowest BCUT2D eigenvalue weighted by Gasteiger charge is -2.36. The van der Waals surface area contributed by atoms with Crippen molar-refractivity contribution in [3.63, 3.8) is 0 Å². The molecule has 0 radical (unpaired) electrons. The smallest absolute Gasteiger partial charge is 0.243 e. The molecule has 1 amide bonds. The van der Waals surface area contributed by atoms with Crippen LogP contribution in [-0.4, -0.2) is 69.5 Å². The third-order valence-electron chi connectivity index (χ3n) is 6.67. The molecule has 0 atom stereocenters. The number of piperazine rings is 1. The van der Waals surface area contributed by atoms with Crippen molar-refractivity contribution in [2.45, 2.75) is 30.1 Å². The highest BCUT2D eigenvalue weighted by atomic mass is 35.5. The van der Waals surface area contributed by atoms with Gasteiger partial charge < -0.3 is 15.0 Å². The van der Waals surface area contributed by atoms with E-state index in [2.05, 4.69) is 17.1 Å². The van der Waals surface area contributed by atoms with Gasteiger partial charge in [0.15, 0.2) is 0 Å². The number of hydrogen-bond acceptors (Lipinski definition) is 5. The van der Waals surface area contributed by atoms with E-state index in [1.54, 1.807) is 30.3 Å². The number of carbonyl (C=O) groups is 1. The molecule has 9 heteroatoms. The zero-order valence-corrected chi connectivity index (χ0v) is 20.4. The van der Waals surface area contributed by atoms with E-state index in [9.17, 15) is 13.2 Å². The Kier molecular flexibility index (Phi) is 7.40. The first-order chi connectivity index (χ1) is 15.8. The van der Waals surface area contributed by atoms with Crippen LogP contribution < -0.4 is 5.32 Å². The van der Waals surface area contributed by atoms with Crippen LogP contribution in [0.1, 0.15) is 25.3 Å². The van der Waals surface area contributed by atoms with Gasteiger partial charge in [0.05, 0.1) is 10.3 Å². The second-order valence-electron chi connectivity index (χ2n) is 8.53. The maximum atomic E-state index is 13.6. The first kappa shape index (κ1) is 24.2. The highest BCUT2D eigenvalue weighted by Crippen LogP contribution is 2.37. The summed E-state index contributed by atoms with van der Waals surface area (Å²) in [6, 6.07) is 13.9. The van der Waals surface area contributed by atoms with E-state index in [4.69, 9.17) is 16.3 Å². The molecule has 0 aliphatic carbocycles. The largest absolute Gasteiger partial charge is 0.381 e. The summed E-state index contributed by atoms with van der Waals surface area (Å²) in [5.41, 5.74) is 0.517. The van der Waals surface area contributed by atoms with Gasteiger partial charge in [-0.2, -0.15) is 4.31 Å². The van der Waals surface area contributed by atoms with Crippen LogP contribution >= 0.6 is 11.6 Å². The normalized spacial score (nSPS) is 19.8. The molecule has 4 rings (SSSR count). The van der Waals surface area contributed by atoms with Crippen molar-refractivity contribution >= 4 is 33.2 Å². The van der Waals surface area contributed by atoms with Crippen LogP contribution in [0.3, 0.4) is 0 Å². The predicted molar refractivity (Wildman–Crippen MR) is 129 cm³/mol. The van der Waals surface area contributed by atoms with Gasteiger partial charge in [-0.25, -0.2) is 8.42 Å². The number of ether oxygens (including phenoxy) is 1. The highest BCUT2D eigenvalue weighted by Gasteiger charge is 2.42. The van der Waals surface area contributed by atoms with Crippen LogP contribution in [0.4, 0.5) is 5.69 Å². The summed E-state index contributed by atoms with van der Waals surface area (Å²) in [4.78, 5) is 16.0. The maximum Gasteiger partial charge on any atom is 0.243 e. The average Bonchev–Trinajstić information content (AvgIpc) is 2.84. The van der Waals surface area contributed by atoms with E-state index in [-0.39, 0.29) is 10.8 Å². The Hall–Kier alpha value is -1.97. The third kappa shape index (κ3) is 5.10. The van der Waals surface area contributed by atoms with Crippen molar-refractivity contribution in [3.05, 3.63) is 59.1 Å². The molecule has 2 aliphatic rings. The number of carbonyl (C=O) groups excluding carboxylic acids is 1. The Labute approximate surface area is 200 Å². The number of benzene rings is 2. The molecule has 2 heterocycles. The molecule has 2 aliphatic heterocycles. The Balaban J connectivity index is 1.56. The number of anilines is 1. The molecule has 2 aromatic rings. The quantitative estimate of drug-likeness (QED) is 0.670. The summed E-state index contributed by atoms with van der Waals surface area (Å²) in [6.45, 7) is 6.29. The molecule has 2 aromatic carbocycles. The highest BCUT2D eigenvalue weighted by molar-refractivity contribution is 7.89. The van der Waals surface area contributed by atoms with Crippen LogP contribution in [0.2, 0.25) is 5.02 Å². The average molecular weight is 492 g/mol. The number of amides is 1. The van der Waals surface area contributed by atoms with Crippen LogP contribution in [-0.2, 0) is 25.0 Å². The minimum atomic E-state index is -3.63. The summed E-state index contributed by atoms with van der Waals surface area (Å²) >= 11 is 6.22. The third-order valence-corrected chi connectivity index (χ3v) is 8.80. The van der Waals surface area contributed by atoms with E-state index in [1.807, 2.05) is 18.2 Å². The van der Waals surface area contributed by atoms with Crippen LogP contribution in [0.25, 0.3) is 0 Å².